The average molecular weight is 363 g/mol. The van der Waals surface area contributed by atoms with Crippen molar-refractivity contribution in [1.82, 2.24) is 10.2 Å². The summed E-state index contributed by atoms with van der Waals surface area (Å²) < 4.78 is 0. The van der Waals surface area contributed by atoms with Crippen LogP contribution in [0.1, 0.15) is 62.5 Å². The number of aryl methyl sites for hydroxylation is 1. The van der Waals surface area contributed by atoms with Gasteiger partial charge in [-0.05, 0) is 63.0 Å². The van der Waals surface area contributed by atoms with Gasteiger partial charge in [0.2, 0.25) is 5.91 Å². The number of fused-ring (bicyclic) bond motifs is 2. The van der Waals surface area contributed by atoms with Gasteiger partial charge in [0.1, 0.15) is 0 Å². The fourth-order valence-corrected chi connectivity index (χ4v) is 5.35. The van der Waals surface area contributed by atoms with Crippen LogP contribution in [0.4, 0.5) is 0 Å². The van der Waals surface area contributed by atoms with E-state index in [1.807, 2.05) is 0 Å². The number of piperidine rings is 1. The molecule has 4 rings (SSSR count). The highest BCUT2D eigenvalue weighted by molar-refractivity contribution is 5.85. The van der Waals surface area contributed by atoms with Crippen LogP contribution in [0.25, 0.3) is 0 Å². The predicted octanol–water partition coefficient (Wildman–Crippen LogP) is 4.04. The van der Waals surface area contributed by atoms with Gasteiger partial charge in [0.15, 0.2) is 0 Å². The quantitative estimate of drug-likeness (QED) is 0.880. The van der Waals surface area contributed by atoms with E-state index in [1.54, 1.807) is 0 Å². The zero-order chi connectivity index (χ0) is 16.7. The SMILES string of the molecule is Cc1ccccc1C1CC(C)N(C(=O)CC2CC3CCC(C2)N3)C1.Cl. The Kier molecular flexibility index (Phi) is 5.75. The number of rotatable bonds is 3. The highest BCUT2D eigenvalue weighted by Crippen LogP contribution is 2.36. The molecule has 3 heterocycles. The van der Waals surface area contributed by atoms with Crippen molar-refractivity contribution in [3.8, 4) is 0 Å². The standard InChI is InChI=1S/C21H30N2O.ClH/c1-14-5-3-4-6-20(14)17-9-15(2)23(13-17)21(24)12-16-10-18-7-8-19(11-16)22-18;/h3-6,15-19,22H,7-13H2,1-2H3;1H. The lowest BCUT2D eigenvalue weighted by Gasteiger charge is -2.31. The van der Waals surface area contributed by atoms with Crippen LogP contribution in [-0.2, 0) is 4.79 Å². The smallest absolute Gasteiger partial charge is 0.223 e. The molecule has 3 fully saturated rings. The number of halogens is 1. The second-order valence-electron chi connectivity index (χ2n) is 8.36. The van der Waals surface area contributed by atoms with Gasteiger partial charge in [0.25, 0.3) is 0 Å². The number of hydrogen-bond acceptors (Lipinski definition) is 2. The van der Waals surface area contributed by atoms with Crippen LogP contribution in [0, 0.1) is 12.8 Å². The maximum absolute atomic E-state index is 12.9. The van der Waals surface area contributed by atoms with Gasteiger partial charge in [-0.15, -0.1) is 12.4 Å². The van der Waals surface area contributed by atoms with Crippen molar-refractivity contribution in [1.29, 1.82) is 0 Å². The molecule has 0 spiro atoms. The van der Waals surface area contributed by atoms with Crippen LogP contribution in [-0.4, -0.2) is 35.5 Å². The number of carbonyl (C=O) groups is 1. The Labute approximate surface area is 158 Å². The van der Waals surface area contributed by atoms with E-state index in [1.165, 1.54) is 36.8 Å². The summed E-state index contributed by atoms with van der Waals surface area (Å²) in [5.74, 6) is 1.50. The number of amides is 1. The molecular weight excluding hydrogens is 332 g/mol. The molecule has 1 aromatic carbocycles. The lowest BCUT2D eigenvalue weighted by Crippen LogP contribution is -2.41. The first-order valence-electron chi connectivity index (χ1n) is 9.71. The lowest BCUT2D eigenvalue weighted by molar-refractivity contribution is -0.133. The molecule has 3 aliphatic heterocycles. The minimum absolute atomic E-state index is 0. The fraction of sp³-hybridized carbons (Fsp3) is 0.667. The first kappa shape index (κ1) is 18.7. The molecule has 1 amide bonds. The second kappa shape index (κ2) is 7.67. The van der Waals surface area contributed by atoms with Crippen LogP contribution in [0.15, 0.2) is 24.3 Å². The van der Waals surface area contributed by atoms with Crippen LogP contribution in [0.3, 0.4) is 0 Å². The highest BCUT2D eigenvalue weighted by Gasteiger charge is 2.38. The second-order valence-corrected chi connectivity index (χ2v) is 8.36. The van der Waals surface area contributed by atoms with Crippen molar-refractivity contribution in [3.63, 3.8) is 0 Å². The van der Waals surface area contributed by atoms with Crippen molar-refractivity contribution in [2.75, 3.05) is 6.54 Å². The van der Waals surface area contributed by atoms with E-state index >= 15 is 0 Å². The maximum atomic E-state index is 12.9. The Balaban J connectivity index is 0.00000182. The first-order chi connectivity index (χ1) is 11.6. The van der Waals surface area contributed by atoms with Gasteiger partial charge >= 0.3 is 0 Å². The van der Waals surface area contributed by atoms with Gasteiger partial charge in [0.05, 0.1) is 0 Å². The Bertz CT molecular complexity index is 608. The number of nitrogens with one attached hydrogen (secondary N) is 1. The third kappa shape index (κ3) is 3.88. The molecule has 0 saturated carbocycles. The minimum Gasteiger partial charge on any atom is -0.339 e. The highest BCUT2D eigenvalue weighted by atomic mass is 35.5. The van der Waals surface area contributed by atoms with E-state index in [2.05, 4.69) is 48.3 Å². The normalized spacial score (nSPS) is 34.0. The fourth-order valence-electron chi connectivity index (χ4n) is 5.35. The number of likely N-dealkylation sites (tertiary alicyclic amines) is 1. The Hall–Kier alpha value is -1.06. The van der Waals surface area contributed by atoms with Crippen LogP contribution < -0.4 is 5.32 Å². The number of carbonyl (C=O) groups excluding carboxylic acids is 1. The van der Waals surface area contributed by atoms with Crippen molar-refractivity contribution in [2.24, 2.45) is 5.92 Å². The molecule has 1 aromatic rings. The molecule has 4 unspecified atom stereocenters. The third-order valence-corrected chi connectivity index (χ3v) is 6.56. The summed E-state index contributed by atoms with van der Waals surface area (Å²) in [7, 11) is 0. The summed E-state index contributed by atoms with van der Waals surface area (Å²) in [6.07, 6.45) is 6.89. The van der Waals surface area contributed by atoms with Gasteiger partial charge in [-0.25, -0.2) is 0 Å². The molecule has 0 aromatic heterocycles. The van der Waals surface area contributed by atoms with Crippen molar-refractivity contribution in [3.05, 3.63) is 35.4 Å². The molecule has 4 heteroatoms. The Morgan fingerprint density at radius 2 is 1.84 bits per heavy atom. The molecule has 3 saturated heterocycles. The minimum atomic E-state index is 0. The molecule has 3 aliphatic rings. The van der Waals surface area contributed by atoms with Crippen LogP contribution in [0.2, 0.25) is 0 Å². The third-order valence-electron chi connectivity index (χ3n) is 6.56. The van der Waals surface area contributed by atoms with E-state index in [-0.39, 0.29) is 12.4 Å². The van der Waals surface area contributed by atoms with Gasteiger partial charge in [0, 0.05) is 37.0 Å². The molecular formula is C21H31ClN2O. The molecule has 3 nitrogen and oxygen atoms in total. The monoisotopic (exact) mass is 362 g/mol. The van der Waals surface area contributed by atoms with Gasteiger partial charge in [-0.2, -0.15) is 0 Å². The van der Waals surface area contributed by atoms with E-state index in [9.17, 15) is 4.79 Å². The molecule has 25 heavy (non-hydrogen) atoms. The average Bonchev–Trinajstić information content (AvgIpc) is 3.10. The zero-order valence-electron chi connectivity index (χ0n) is 15.4. The van der Waals surface area contributed by atoms with Crippen LogP contribution >= 0.6 is 12.4 Å². The van der Waals surface area contributed by atoms with E-state index < -0.39 is 0 Å². The Morgan fingerprint density at radius 3 is 2.52 bits per heavy atom. The molecule has 1 N–H and O–H groups in total. The summed E-state index contributed by atoms with van der Waals surface area (Å²) in [5, 5.41) is 3.68. The molecule has 4 atom stereocenters. The summed E-state index contributed by atoms with van der Waals surface area (Å²) in [6, 6.07) is 10.4. The van der Waals surface area contributed by atoms with E-state index in [0.29, 0.717) is 35.9 Å². The largest absolute Gasteiger partial charge is 0.339 e. The summed E-state index contributed by atoms with van der Waals surface area (Å²) in [6.45, 7) is 5.32. The molecule has 0 aliphatic carbocycles. The van der Waals surface area contributed by atoms with E-state index in [0.717, 1.165) is 19.4 Å². The number of nitrogens with zero attached hydrogens (tertiary/aromatic N) is 1. The van der Waals surface area contributed by atoms with Gasteiger partial charge in [-0.3, -0.25) is 4.79 Å². The maximum Gasteiger partial charge on any atom is 0.223 e. The molecule has 2 bridgehead atoms. The summed E-state index contributed by atoms with van der Waals surface area (Å²) in [5.41, 5.74) is 2.79. The number of hydrogen-bond donors (Lipinski definition) is 1. The van der Waals surface area contributed by atoms with Gasteiger partial charge < -0.3 is 10.2 Å². The first-order valence-corrected chi connectivity index (χ1v) is 9.71. The summed E-state index contributed by atoms with van der Waals surface area (Å²) in [4.78, 5) is 15.1. The van der Waals surface area contributed by atoms with Crippen molar-refractivity contribution < 1.29 is 4.79 Å². The predicted molar refractivity (Wildman–Crippen MR) is 104 cm³/mol. The van der Waals surface area contributed by atoms with Crippen LogP contribution in [0.5, 0.6) is 0 Å². The van der Waals surface area contributed by atoms with Gasteiger partial charge in [-0.1, -0.05) is 24.3 Å². The zero-order valence-corrected chi connectivity index (χ0v) is 16.2. The lowest BCUT2D eigenvalue weighted by atomic mass is 9.89. The molecule has 0 radical (unpaired) electrons. The molecule has 138 valence electrons. The topological polar surface area (TPSA) is 32.3 Å². The van der Waals surface area contributed by atoms with E-state index in [4.69, 9.17) is 0 Å². The Morgan fingerprint density at radius 1 is 1.16 bits per heavy atom. The summed E-state index contributed by atoms with van der Waals surface area (Å²) >= 11 is 0. The van der Waals surface area contributed by atoms with Crippen molar-refractivity contribution in [2.45, 2.75) is 76.4 Å². The van der Waals surface area contributed by atoms with Crippen molar-refractivity contribution >= 4 is 18.3 Å². The number of benzene rings is 1.